The third-order valence-electron chi connectivity index (χ3n) is 6.26. The Balaban J connectivity index is 2.02. The molecule has 1 fully saturated rings. The molecule has 1 saturated heterocycles. The number of carbonyl (C=O) groups excluding carboxylic acids is 1. The van der Waals surface area contributed by atoms with Gasteiger partial charge in [-0.15, -0.1) is 0 Å². The van der Waals surface area contributed by atoms with Crippen LogP contribution in [-0.4, -0.2) is 71.1 Å². The SMILES string of the molecule is CCC(C)C=Nc1c(C(C)=N)c(-c2ccc(Cl)cc2)nn1C1CCCN(C(=O)C=CCN(C)C)C1. The van der Waals surface area contributed by atoms with Gasteiger partial charge in [0.2, 0.25) is 5.91 Å². The number of halogens is 1. The summed E-state index contributed by atoms with van der Waals surface area (Å²) >= 11 is 6.12. The summed E-state index contributed by atoms with van der Waals surface area (Å²) in [5.74, 6) is 1.02. The first kappa shape index (κ1) is 26.8. The smallest absolute Gasteiger partial charge is 0.246 e. The quantitative estimate of drug-likeness (QED) is 0.361. The van der Waals surface area contributed by atoms with E-state index in [0.29, 0.717) is 29.0 Å². The van der Waals surface area contributed by atoms with Gasteiger partial charge in [-0.1, -0.05) is 43.7 Å². The monoisotopic (exact) mass is 496 g/mol. The van der Waals surface area contributed by atoms with Gasteiger partial charge < -0.3 is 15.2 Å². The third kappa shape index (κ3) is 6.89. The van der Waals surface area contributed by atoms with Crippen molar-refractivity contribution >= 4 is 35.3 Å². The standard InChI is InChI=1S/C27H37ClN6O/c1-6-19(2)17-30-27-25(20(3)29)26(21-11-13-22(28)14-12-21)31-34(27)23-9-7-16-33(18-23)24(35)10-8-15-32(4)5/h8,10-14,17,19,23,29H,6-7,9,15-16,18H2,1-5H3. The fraction of sp³-hybridized carbons (Fsp3) is 0.481. The van der Waals surface area contributed by atoms with Crippen LogP contribution in [0.4, 0.5) is 5.82 Å². The average molecular weight is 497 g/mol. The van der Waals surface area contributed by atoms with E-state index in [1.54, 1.807) is 13.0 Å². The van der Waals surface area contributed by atoms with Gasteiger partial charge in [-0.2, -0.15) is 5.10 Å². The zero-order chi connectivity index (χ0) is 25.5. The molecule has 2 unspecified atom stereocenters. The third-order valence-corrected chi connectivity index (χ3v) is 6.51. The number of hydrogen-bond donors (Lipinski definition) is 1. The second-order valence-electron chi connectivity index (χ2n) is 9.53. The number of hydrogen-bond acceptors (Lipinski definition) is 5. The molecule has 0 bridgehead atoms. The molecule has 1 aromatic heterocycles. The summed E-state index contributed by atoms with van der Waals surface area (Å²) in [6, 6.07) is 7.51. The number of nitrogens with one attached hydrogen (secondary N) is 1. The molecule has 0 spiro atoms. The fourth-order valence-electron chi connectivity index (χ4n) is 4.09. The van der Waals surface area contributed by atoms with Gasteiger partial charge in [0, 0.05) is 48.2 Å². The topological polar surface area (TPSA) is 77.6 Å². The molecule has 0 saturated carbocycles. The zero-order valence-electron chi connectivity index (χ0n) is 21.5. The van der Waals surface area contributed by atoms with Gasteiger partial charge in [0.1, 0.15) is 5.69 Å². The van der Waals surface area contributed by atoms with Crippen LogP contribution in [0.5, 0.6) is 0 Å². The lowest BCUT2D eigenvalue weighted by atomic mass is 10.0. The van der Waals surface area contributed by atoms with Crippen molar-refractivity contribution in [1.29, 1.82) is 5.41 Å². The van der Waals surface area contributed by atoms with Crippen LogP contribution in [0.15, 0.2) is 41.4 Å². The number of likely N-dealkylation sites (tertiary alicyclic amines) is 1. The highest BCUT2D eigenvalue weighted by molar-refractivity contribution is 6.30. The number of piperidine rings is 1. The first-order chi connectivity index (χ1) is 16.7. The highest BCUT2D eigenvalue weighted by Gasteiger charge is 2.29. The van der Waals surface area contributed by atoms with Crippen LogP contribution in [0.1, 0.15) is 51.6 Å². The molecule has 7 nitrogen and oxygen atoms in total. The lowest BCUT2D eigenvalue weighted by molar-refractivity contribution is -0.127. The predicted molar refractivity (Wildman–Crippen MR) is 145 cm³/mol. The van der Waals surface area contributed by atoms with Crippen molar-refractivity contribution in [3.63, 3.8) is 0 Å². The maximum atomic E-state index is 12.8. The van der Waals surface area contributed by atoms with E-state index in [2.05, 4.69) is 13.8 Å². The molecule has 35 heavy (non-hydrogen) atoms. The second kappa shape index (κ2) is 12.3. The Kier molecular flexibility index (Phi) is 9.40. The van der Waals surface area contributed by atoms with E-state index < -0.39 is 0 Å². The average Bonchev–Trinajstić information content (AvgIpc) is 3.22. The molecule has 1 N–H and O–H groups in total. The van der Waals surface area contributed by atoms with E-state index in [9.17, 15) is 4.79 Å². The van der Waals surface area contributed by atoms with Gasteiger partial charge >= 0.3 is 0 Å². The summed E-state index contributed by atoms with van der Waals surface area (Å²) in [6.45, 7) is 8.05. The number of rotatable bonds is 9. The van der Waals surface area contributed by atoms with Crippen LogP contribution in [-0.2, 0) is 4.79 Å². The number of benzene rings is 1. The van der Waals surface area contributed by atoms with Crippen molar-refractivity contribution in [2.75, 3.05) is 33.7 Å². The second-order valence-corrected chi connectivity index (χ2v) is 9.97. The van der Waals surface area contributed by atoms with Crippen molar-refractivity contribution in [3.05, 3.63) is 47.0 Å². The maximum Gasteiger partial charge on any atom is 0.246 e. The first-order valence-corrected chi connectivity index (χ1v) is 12.7. The highest BCUT2D eigenvalue weighted by Crippen LogP contribution is 2.36. The van der Waals surface area contributed by atoms with Crippen LogP contribution in [0, 0.1) is 11.3 Å². The van der Waals surface area contributed by atoms with E-state index in [-0.39, 0.29) is 11.9 Å². The Morgan fingerprint density at radius 2 is 2.06 bits per heavy atom. The summed E-state index contributed by atoms with van der Waals surface area (Å²) in [5.41, 5.74) is 2.75. The fourth-order valence-corrected chi connectivity index (χ4v) is 4.21. The minimum Gasteiger partial charge on any atom is -0.337 e. The summed E-state index contributed by atoms with van der Waals surface area (Å²) in [5, 5.41) is 14.2. The van der Waals surface area contributed by atoms with E-state index in [0.717, 1.165) is 49.2 Å². The summed E-state index contributed by atoms with van der Waals surface area (Å²) in [6.07, 6.45) is 8.28. The first-order valence-electron chi connectivity index (χ1n) is 12.3. The molecule has 3 rings (SSSR count). The lowest BCUT2D eigenvalue weighted by Crippen LogP contribution is -2.40. The van der Waals surface area contributed by atoms with Crippen LogP contribution in [0.25, 0.3) is 11.3 Å². The molecular formula is C27H37ClN6O. The Labute approximate surface area is 214 Å². The van der Waals surface area contributed by atoms with E-state index in [1.165, 1.54) is 0 Å². The van der Waals surface area contributed by atoms with E-state index in [4.69, 9.17) is 27.1 Å². The molecular weight excluding hydrogens is 460 g/mol. The lowest BCUT2D eigenvalue weighted by Gasteiger charge is -2.32. The molecule has 1 aliphatic heterocycles. The van der Waals surface area contributed by atoms with Gasteiger partial charge in [-0.3, -0.25) is 4.79 Å². The van der Waals surface area contributed by atoms with Gasteiger partial charge in [-0.25, -0.2) is 9.67 Å². The maximum absolute atomic E-state index is 12.8. The summed E-state index contributed by atoms with van der Waals surface area (Å²) in [7, 11) is 3.96. The Bertz CT molecular complexity index is 1090. The number of likely N-dealkylation sites (N-methyl/N-ethyl adjacent to an activating group) is 1. The van der Waals surface area contributed by atoms with Gasteiger partial charge in [0.15, 0.2) is 5.82 Å². The Hall–Kier alpha value is -2.77. The number of carbonyl (C=O) groups is 1. The molecule has 188 valence electrons. The molecule has 1 aromatic carbocycles. The van der Waals surface area contributed by atoms with Crippen LogP contribution < -0.4 is 0 Å². The van der Waals surface area contributed by atoms with Gasteiger partial charge in [0.25, 0.3) is 0 Å². The number of aliphatic imine (C=N–C) groups is 1. The van der Waals surface area contributed by atoms with Crippen molar-refractivity contribution < 1.29 is 4.79 Å². The van der Waals surface area contributed by atoms with Crippen molar-refractivity contribution in [2.24, 2.45) is 10.9 Å². The minimum atomic E-state index is -0.0156. The van der Waals surface area contributed by atoms with Crippen LogP contribution >= 0.6 is 11.6 Å². The molecule has 2 aromatic rings. The van der Waals surface area contributed by atoms with Crippen LogP contribution in [0.2, 0.25) is 5.02 Å². The largest absolute Gasteiger partial charge is 0.337 e. The van der Waals surface area contributed by atoms with Gasteiger partial charge in [-0.05, 0) is 58.3 Å². The molecule has 0 aliphatic carbocycles. The molecule has 0 radical (unpaired) electrons. The van der Waals surface area contributed by atoms with Crippen molar-refractivity contribution in [2.45, 2.75) is 46.1 Å². The molecule has 2 atom stereocenters. The molecule has 2 heterocycles. The Morgan fingerprint density at radius 1 is 1.34 bits per heavy atom. The van der Waals surface area contributed by atoms with E-state index >= 15 is 0 Å². The molecule has 1 amide bonds. The number of nitrogens with zero attached hydrogens (tertiary/aromatic N) is 5. The van der Waals surface area contributed by atoms with Crippen molar-refractivity contribution in [3.8, 4) is 11.3 Å². The summed E-state index contributed by atoms with van der Waals surface area (Å²) in [4.78, 5) is 21.6. The van der Waals surface area contributed by atoms with E-state index in [1.807, 2.05) is 65.1 Å². The molecule has 8 heteroatoms. The zero-order valence-corrected chi connectivity index (χ0v) is 22.2. The number of amides is 1. The highest BCUT2D eigenvalue weighted by atomic mass is 35.5. The number of aromatic nitrogens is 2. The molecule has 1 aliphatic rings. The Morgan fingerprint density at radius 3 is 2.69 bits per heavy atom. The normalized spacial score (nSPS) is 17.6. The predicted octanol–water partition coefficient (Wildman–Crippen LogP) is 5.62. The van der Waals surface area contributed by atoms with Gasteiger partial charge in [0.05, 0.1) is 11.6 Å². The summed E-state index contributed by atoms with van der Waals surface area (Å²) < 4.78 is 1.94. The van der Waals surface area contributed by atoms with Crippen molar-refractivity contribution in [1.82, 2.24) is 19.6 Å². The minimum absolute atomic E-state index is 0.0156. The van der Waals surface area contributed by atoms with Crippen LogP contribution in [0.3, 0.4) is 0 Å².